The molecule has 0 aliphatic carbocycles. The molecule has 1 rings (SSSR count). The predicted molar refractivity (Wildman–Crippen MR) is 131 cm³/mol. The zero-order valence-corrected chi connectivity index (χ0v) is 20.4. The van der Waals surface area contributed by atoms with Crippen LogP contribution in [0.25, 0.3) is 0 Å². The number of ether oxygens (including phenoxy) is 1. The van der Waals surface area contributed by atoms with Gasteiger partial charge in [-0.3, -0.25) is 0 Å². The Balaban J connectivity index is 1.80. The van der Waals surface area contributed by atoms with Gasteiger partial charge >= 0.3 is 0 Å². The molecule has 0 radical (unpaired) electrons. The summed E-state index contributed by atoms with van der Waals surface area (Å²) in [5.41, 5.74) is 6.15. The van der Waals surface area contributed by atoms with Crippen LogP contribution in [0.15, 0.2) is 30.6 Å². The summed E-state index contributed by atoms with van der Waals surface area (Å²) in [5, 5.41) is 9.99. The highest BCUT2D eigenvalue weighted by Gasteiger charge is 2.10. The van der Waals surface area contributed by atoms with E-state index in [9.17, 15) is 5.11 Å². The first-order valence-electron chi connectivity index (χ1n) is 13.2. The highest BCUT2D eigenvalue weighted by molar-refractivity contribution is 4.83. The Morgan fingerprint density at radius 3 is 1.71 bits per heavy atom. The minimum Gasteiger partial charge on any atom is -0.368 e. The first-order chi connectivity index (χ1) is 15.2. The normalized spacial score (nSPS) is 13.4. The molecule has 3 N–H and O–H groups in total. The van der Waals surface area contributed by atoms with Crippen molar-refractivity contribution < 1.29 is 14.4 Å². The number of unbranched alkanes of at least 4 members (excludes halogenated alkanes) is 14. The molecule has 2 atom stereocenters. The van der Waals surface area contributed by atoms with E-state index >= 15 is 0 Å². The van der Waals surface area contributed by atoms with Gasteiger partial charge in [0, 0.05) is 12.1 Å². The summed E-state index contributed by atoms with van der Waals surface area (Å²) in [6, 6.07) is 6.05. The summed E-state index contributed by atoms with van der Waals surface area (Å²) < 4.78 is 7.62. The van der Waals surface area contributed by atoms with Crippen LogP contribution in [-0.2, 0) is 11.3 Å². The van der Waals surface area contributed by atoms with Gasteiger partial charge < -0.3 is 15.6 Å². The Bertz CT molecular complexity index is 483. The van der Waals surface area contributed by atoms with Crippen molar-refractivity contribution in [1.82, 2.24) is 0 Å². The molecular formula is C27H51N2O2+. The summed E-state index contributed by atoms with van der Waals surface area (Å²) in [6.07, 6.45) is 25.3. The quantitative estimate of drug-likeness (QED) is 0.128. The van der Waals surface area contributed by atoms with E-state index in [1.807, 2.05) is 30.6 Å². The molecule has 4 heteroatoms. The van der Waals surface area contributed by atoms with Gasteiger partial charge in [0.05, 0.1) is 12.6 Å². The summed E-state index contributed by atoms with van der Waals surface area (Å²) in [6.45, 7) is 3.58. The lowest BCUT2D eigenvalue weighted by Crippen LogP contribution is -2.43. The number of rotatable bonds is 22. The second kappa shape index (κ2) is 20.9. The van der Waals surface area contributed by atoms with Crippen molar-refractivity contribution in [3.05, 3.63) is 30.6 Å². The molecule has 4 nitrogen and oxygen atoms in total. The Labute approximate surface area is 192 Å². The summed E-state index contributed by atoms with van der Waals surface area (Å²) in [4.78, 5) is 0. The molecule has 1 aromatic rings. The van der Waals surface area contributed by atoms with Gasteiger partial charge in [0.25, 0.3) is 0 Å². The van der Waals surface area contributed by atoms with Crippen LogP contribution in [0.1, 0.15) is 116 Å². The zero-order valence-electron chi connectivity index (χ0n) is 20.4. The van der Waals surface area contributed by atoms with Crippen LogP contribution in [0.2, 0.25) is 0 Å². The molecule has 0 saturated heterocycles. The van der Waals surface area contributed by atoms with E-state index in [1.165, 1.54) is 89.9 Å². The van der Waals surface area contributed by atoms with E-state index in [-0.39, 0.29) is 6.04 Å². The van der Waals surface area contributed by atoms with Crippen LogP contribution in [0, 0.1) is 0 Å². The number of pyridine rings is 1. The lowest BCUT2D eigenvalue weighted by molar-refractivity contribution is -0.698. The van der Waals surface area contributed by atoms with E-state index < -0.39 is 6.29 Å². The van der Waals surface area contributed by atoms with Crippen LogP contribution >= 0.6 is 0 Å². The van der Waals surface area contributed by atoms with Gasteiger partial charge in [0.15, 0.2) is 25.2 Å². The van der Waals surface area contributed by atoms with Crippen molar-refractivity contribution in [3.63, 3.8) is 0 Å². The second-order valence-electron chi connectivity index (χ2n) is 9.18. The summed E-state index contributed by atoms with van der Waals surface area (Å²) in [7, 11) is 0. The van der Waals surface area contributed by atoms with Crippen LogP contribution in [-0.4, -0.2) is 24.0 Å². The minimum absolute atomic E-state index is 0.0467. The Morgan fingerprint density at radius 1 is 0.710 bits per heavy atom. The van der Waals surface area contributed by atoms with Crippen LogP contribution < -0.4 is 10.3 Å². The molecule has 0 amide bonds. The smallest absolute Gasteiger partial charge is 0.168 e. The molecule has 0 aliphatic rings. The molecule has 1 heterocycles. The Hall–Kier alpha value is -0.970. The standard InChI is InChI=1S/C27H51N2O2/c1-2-3-4-5-6-7-8-9-10-11-12-13-14-15-17-20-27(30)31-24-21-26(28)25-29-22-18-16-19-23-29/h16,18-19,22-23,26-27,30H,2-15,17,20-21,24-25,28H2,1H3/q+1. The fourth-order valence-corrected chi connectivity index (χ4v) is 4.05. The maximum absolute atomic E-state index is 9.99. The van der Waals surface area contributed by atoms with Crippen LogP contribution in [0.3, 0.4) is 0 Å². The number of nitrogens with zero attached hydrogens (tertiary/aromatic N) is 1. The number of hydrogen-bond acceptors (Lipinski definition) is 3. The fraction of sp³-hybridized carbons (Fsp3) is 0.815. The van der Waals surface area contributed by atoms with E-state index in [0.717, 1.165) is 25.8 Å². The van der Waals surface area contributed by atoms with Gasteiger partial charge in [0.1, 0.15) is 0 Å². The zero-order chi connectivity index (χ0) is 22.4. The van der Waals surface area contributed by atoms with Gasteiger partial charge in [-0.25, -0.2) is 4.57 Å². The molecule has 0 spiro atoms. The topological polar surface area (TPSA) is 59.4 Å². The predicted octanol–water partition coefficient (Wildman–Crippen LogP) is 6.29. The molecule has 0 fully saturated rings. The maximum atomic E-state index is 9.99. The highest BCUT2D eigenvalue weighted by atomic mass is 16.6. The van der Waals surface area contributed by atoms with Crippen LogP contribution in [0.4, 0.5) is 0 Å². The van der Waals surface area contributed by atoms with Gasteiger partial charge in [-0.05, 0) is 19.3 Å². The highest BCUT2D eigenvalue weighted by Crippen LogP contribution is 2.14. The first-order valence-corrected chi connectivity index (χ1v) is 13.2. The van der Waals surface area contributed by atoms with E-state index in [2.05, 4.69) is 11.5 Å². The molecule has 0 aliphatic heterocycles. The van der Waals surface area contributed by atoms with E-state index in [4.69, 9.17) is 10.5 Å². The number of hydrogen-bond donors (Lipinski definition) is 2. The van der Waals surface area contributed by atoms with E-state index in [1.54, 1.807) is 0 Å². The number of aromatic nitrogens is 1. The van der Waals surface area contributed by atoms with Gasteiger partial charge in [-0.2, -0.15) is 0 Å². The molecular weight excluding hydrogens is 384 g/mol. The molecule has 1 aromatic heterocycles. The molecule has 0 bridgehead atoms. The van der Waals surface area contributed by atoms with Crippen molar-refractivity contribution in [2.24, 2.45) is 5.73 Å². The second-order valence-corrected chi connectivity index (χ2v) is 9.18. The van der Waals surface area contributed by atoms with Crippen molar-refractivity contribution in [1.29, 1.82) is 0 Å². The largest absolute Gasteiger partial charge is 0.368 e. The monoisotopic (exact) mass is 435 g/mol. The molecule has 0 aromatic carbocycles. The third-order valence-electron chi connectivity index (χ3n) is 6.08. The fourth-order valence-electron chi connectivity index (χ4n) is 4.05. The number of aliphatic hydroxyl groups is 1. The van der Waals surface area contributed by atoms with Crippen molar-refractivity contribution >= 4 is 0 Å². The first kappa shape index (κ1) is 28.1. The molecule has 180 valence electrons. The SMILES string of the molecule is CCCCCCCCCCCCCCCCCC(O)OCCC(N)C[n+]1ccccc1. The number of aliphatic hydroxyl groups excluding tert-OH is 1. The minimum atomic E-state index is -0.640. The lowest BCUT2D eigenvalue weighted by atomic mass is 10.0. The average molecular weight is 436 g/mol. The van der Waals surface area contributed by atoms with Crippen molar-refractivity contribution in [2.75, 3.05) is 6.61 Å². The Kier molecular flexibility index (Phi) is 18.9. The van der Waals surface area contributed by atoms with Gasteiger partial charge in [0.2, 0.25) is 0 Å². The third kappa shape index (κ3) is 18.3. The lowest BCUT2D eigenvalue weighted by Gasteiger charge is -2.13. The Morgan fingerprint density at radius 2 is 1.19 bits per heavy atom. The van der Waals surface area contributed by atoms with Crippen molar-refractivity contribution in [3.8, 4) is 0 Å². The summed E-state index contributed by atoms with van der Waals surface area (Å²) >= 11 is 0. The average Bonchev–Trinajstić information content (AvgIpc) is 2.77. The molecule has 2 unspecified atom stereocenters. The van der Waals surface area contributed by atoms with E-state index in [0.29, 0.717) is 6.61 Å². The maximum Gasteiger partial charge on any atom is 0.168 e. The molecule has 0 saturated carbocycles. The molecule has 31 heavy (non-hydrogen) atoms. The van der Waals surface area contributed by atoms with Gasteiger partial charge in [-0.1, -0.05) is 103 Å². The van der Waals surface area contributed by atoms with Crippen LogP contribution in [0.5, 0.6) is 0 Å². The summed E-state index contributed by atoms with van der Waals surface area (Å²) in [5.74, 6) is 0. The van der Waals surface area contributed by atoms with Crippen molar-refractivity contribution in [2.45, 2.75) is 135 Å². The third-order valence-corrected chi connectivity index (χ3v) is 6.08. The number of nitrogens with two attached hydrogens (primary N) is 1. The van der Waals surface area contributed by atoms with Gasteiger partial charge in [-0.15, -0.1) is 0 Å².